The first-order valence-electron chi connectivity index (χ1n) is 8.85. The second-order valence-electron chi connectivity index (χ2n) is 6.44. The molecule has 3 rings (SSSR count). The Kier molecular flexibility index (Phi) is 5.64. The number of alkyl halides is 3. The van der Waals surface area contributed by atoms with Gasteiger partial charge < -0.3 is 14.6 Å². The molecule has 0 bridgehead atoms. The Balaban J connectivity index is 2.32. The molecular weight excluding hydrogens is 403 g/mol. The van der Waals surface area contributed by atoms with E-state index in [-0.39, 0.29) is 34.9 Å². The predicted molar refractivity (Wildman–Crippen MR) is 99.0 cm³/mol. The molecule has 2 atom stereocenters. The summed E-state index contributed by atoms with van der Waals surface area (Å²) in [5, 5.41) is 18.9. The van der Waals surface area contributed by atoms with Gasteiger partial charge in [0.15, 0.2) is 0 Å². The number of halogens is 3. The summed E-state index contributed by atoms with van der Waals surface area (Å²) < 4.78 is 48.9. The zero-order chi connectivity index (χ0) is 22.1. The number of aliphatic carboxylic acids is 1. The number of aromatic nitrogens is 1. The summed E-state index contributed by atoms with van der Waals surface area (Å²) >= 11 is 0. The van der Waals surface area contributed by atoms with Gasteiger partial charge in [-0.05, 0) is 32.0 Å². The standard InChI is InChI=1S/C20H16F3N3O4/c1-3-29-18-17-13(6-7-25-18)26-10(2)15(19(27)28)16(17)12-5-4-11(9-24)8-14(12)30-20(21,22)23/h4-8,15-16H,3H2,1-2H3,(H,27,28). The van der Waals surface area contributed by atoms with Gasteiger partial charge in [-0.3, -0.25) is 9.79 Å². The molecule has 0 amide bonds. The lowest BCUT2D eigenvalue weighted by molar-refractivity contribution is -0.274. The second-order valence-corrected chi connectivity index (χ2v) is 6.44. The lowest BCUT2D eigenvalue weighted by atomic mass is 9.76. The highest BCUT2D eigenvalue weighted by Gasteiger charge is 2.43. The van der Waals surface area contributed by atoms with Crippen molar-refractivity contribution in [1.29, 1.82) is 5.26 Å². The third-order valence-electron chi connectivity index (χ3n) is 4.57. The van der Waals surface area contributed by atoms with Gasteiger partial charge in [0.05, 0.1) is 23.9 Å². The number of benzene rings is 1. The Hall–Kier alpha value is -3.61. The first-order chi connectivity index (χ1) is 14.2. The normalized spacial score (nSPS) is 18.1. The van der Waals surface area contributed by atoms with E-state index in [0.29, 0.717) is 5.69 Å². The van der Waals surface area contributed by atoms with Crippen LogP contribution in [0.1, 0.15) is 36.5 Å². The van der Waals surface area contributed by atoms with Crippen LogP contribution in [0.4, 0.5) is 18.9 Å². The van der Waals surface area contributed by atoms with Gasteiger partial charge in [-0.15, -0.1) is 13.2 Å². The van der Waals surface area contributed by atoms with Crippen molar-refractivity contribution in [2.45, 2.75) is 26.1 Å². The fraction of sp³-hybridized carbons (Fsp3) is 0.300. The average molecular weight is 419 g/mol. The Labute approximate surface area is 169 Å². The van der Waals surface area contributed by atoms with Crippen LogP contribution in [0.3, 0.4) is 0 Å². The van der Waals surface area contributed by atoms with Crippen LogP contribution in [-0.2, 0) is 4.79 Å². The number of aliphatic imine (C=N–C) groups is 1. The van der Waals surface area contributed by atoms with Crippen LogP contribution in [0.15, 0.2) is 35.5 Å². The van der Waals surface area contributed by atoms with E-state index >= 15 is 0 Å². The number of ether oxygens (including phenoxy) is 2. The zero-order valence-electron chi connectivity index (χ0n) is 15.9. The smallest absolute Gasteiger partial charge is 0.481 e. The summed E-state index contributed by atoms with van der Waals surface area (Å²) in [4.78, 5) is 20.5. The quantitative estimate of drug-likeness (QED) is 0.779. The summed E-state index contributed by atoms with van der Waals surface area (Å²) in [6, 6.07) is 6.77. The van der Waals surface area contributed by atoms with Crippen LogP contribution in [0.5, 0.6) is 11.6 Å². The van der Waals surface area contributed by atoms with E-state index < -0.39 is 29.9 Å². The van der Waals surface area contributed by atoms with Gasteiger partial charge in [-0.2, -0.15) is 5.26 Å². The van der Waals surface area contributed by atoms with Crippen LogP contribution in [0.25, 0.3) is 0 Å². The fourth-order valence-corrected chi connectivity index (χ4v) is 3.48. The Morgan fingerprint density at radius 3 is 2.67 bits per heavy atom. The van der Waals surface area contributed by atoms with E-state index in [2.05, 4.69) is 14.7 Å². The van der Waals surface area contributed by atoms with Gasteiger partial charge in [-0.1, -0.05) is 6.07 Å². The van der Waals surface area contributed by atoms with Gasteiger partial charge in [0, 0.05) is 29.0 Å². The van der Waals surface area contributed by atoms with E-state index in [4.69, 9.17) is 10.00 Å². The maximum absolute atomic E-state index is 13.1. The van der Waals surface area contributed by atoms with Crippen molar-refractivity contribution in [2.75, 3.05) is 6.61 Å². The highest BCUT2D eigenvalue weighted by Crippen LogP contribution is 2.49. The molecule has 0 fully saturated rings. The highest BCUT2D eigenvalue weighted by molar-refractivity contribution is 6.04. The molecule has 1 aromatic heterocycles. The SMILES string of the molecule is CCOc1nccc2c1C(c1ccc(C#N)cc1OC(F)(F)F)C(C(=O)O)C(C)=N2. The summed E-state index contributed by atoms with van der Waals surface area (Å²) in [6.45, 7) is 3.39. The summed E-state index contributed by atoms with van der Waals surface area (Å²) in [5.74, 6) is -4.28. The van der Waals surface area contributed by atoms with Gasteiger partial charge in [0.25, 0.3) is 0 Å². The molecule has 1 aromatic carbocycles. The third kappa shape index (κ3) is 4.05. The molecule has 2 aromatic rings. The fourth-order valence-electron chi connectivity index (χ4n) is 3.48. The minimum absolute atomic E-state index is 0.0665. The lowest BCUT2D eigenvalue weighted by Gasteiger charge is -2.31. The topological polar surface area (TPSA) is 105 Å². The van der Waals surface area contributed by atoms with Crippen molar-refractivity contribution < 1.29 is 32.5 Å². The number of rotatable bonds is 5. The number of carboxylic acids is 1. The average Bonchev–Trinajstić information content (AvgIpc) is 2.65. The molecule has 2 unspecified atom stereocenters. The number of hydrogen-bond acceptors (Lipinski definition) is 6. The number of carbonyl (C=O) groups is 1. The zero-order valence-corrected chi connectivity index (χ0v) is 15.9. The molecule has 0 aliphatic carbocycles. The second kappa shape index (κ2) is 8.02. The van der Waals surface area contributed by atoms with E-state index in [1.165, 1.54) is 31.3 Å². The van der Waals surface area contributed by atoms with Crippen molar-refractivity contribution in [3.8, 4) is 17.7 Å². The molecule has 2 heterocycles. The van der Waals surface area contributed by atoms with E-state index in [1.54, 1.807) is 13.0 Å². The van der Waals surface area contributed by atoms with Crippen LogP contribution in [-0.4, -0.2) is 34.7 Å². The first kappa shape index (κ1) is 21.1. The molecular formula is C20H16F3N3O4. The largest absolute Gasteiger partial charge is 0.573 e. The Morgan fingerprint density at radius 2 is 2.07 bits per heavy atom. The monoisotopic (exact) mass is 419 g/mol. The molecule has 7 nitrogen and oxygen atoms in total. The van der Waals surface area contributed by atoms with Crippen LogP contribution < -0.4 is 9.47 Å². The first-order valence-corrected chi connectivity index (χ1v) is 8.85. The Morgan fingerprint density at radius 1 is 1.33 bits per heavy atom. The minimum atomic E-state index is -5.04. The van der Waals surface area contributed by atoms with Gasteiger partial charge >= 0.3 is 12.3 Å². The number of nitriles is 1. The minimum Gasteiger partial charge on any atom is -0.481 e. The molecule has 1 aliphatic rings. The molecule has 0 radical (unpaired) electrons. The van der Waals surface area contributed by atoms with Crippen LogP contribution >= 0.6 is 0 Å². The van der Waals surface area contributed by atoms with Crippen molar-refractivity contribution >= 4 is 17.4 Å². The maximum Gasteiger partial charge on any atom is 0.573 e. The third-order valence-corrected chi connectivity index (χ3v) is 4.57. The summed E-state index contributed by atoms with van der Waals surface area (Å²) in [5.41, 5.74) is 0.659. The van der Waals surface area contributed by atoms with Gasteiger partial charge in [0.1, 0.15) is 11.7 Å². The van der Waals surface area contributed by atoms with Crippen molar-refractivity contribution in [2.24, 2.45) is 10.9 Å². The molecule has 0 saturated carbocycles. The number of hydrogen-bond donors (Lipinski definition) is 1. The van der Waals surface area contributed by atoms with Crippen molar-refractivity contribution in [3.63, 3.8) is 0 Å². The van der Waals surface area contributed by atoms with E-state index in [9.17, 15) is 23.1 Å². The number of nitrogens with zero attached hydrogens (tertiary/aromatic N) is 3. The molecule has 10 heteroatoms. The summed E-state index contributed by atoms with van der Waals surface area (Å²) in [6.07, 6.45) is -3.62. The maximum atomic E-state index is 13.1. The predicted octanol–water partition coefficient (Wildman–Crippen LogP) is 4.19. The van der Waals surface area contributed by atoms with Crippen LogP contribution in [0, 0.1) is 17.2 Å². The lowest BCUT2D eigenvalue weighted by Crippen LogP contribution is -2.33. The number of fused-ring (bicyclic) bond motifs is 1. The number of pyridine rings is 1. The molecule has 1 aliphatic heterocycles. The van der Waals surface area contributed by atoms with Crippen molar-refractivity contribution in [3.05, 3.63) is 47.2 Å². The molecule has 0 spiro atoms. The molecule has 156 valence electrons. The molecule has 1 N–H and O–H groups in total. The Bertz CT molecular complexity index is 1060. The van der Waals surface area contributed by atoms with Gasteiger partial charge in [0.2, 0.25) is 5.88 Å². The highest BCUT2D eigenvalue weighted by atomic mass is 19.4. The van der Waals surface area contributed by atoms with Crippen molar-refractivity contribution in [1.82, 2.24) is 4.98 Å². The number of carboxylic acid groups (broad SMARTS) is 1. The molecule has 0 saturated heterocycles. The van der Waals surface area contributed by atoms with Crippen LogP contribution in [0.2, 0.25) is 0 Å². The van der Waals surface area contributed by atoms with E-state index in [1.807, 2.05) is 0 Å². The molecule has 30 heavy (non-hydrogen) atoms. The van der Waals surface area contributed by atoms with Gasteiger partial charge in [-0.25, -0.2) is 4.98 Å². The summed E-state index contributed by atoms with van der Waals surface area (Å²) in [7, 11) is 0. The van der Waals surface area contributed by atoms with E-state index in [0.717, 1.165) is 6.07 Å².